The summed E-state index contributed by atoms with van der Waals surface area (Å²) >= 11 is 0. The Hall–Kier alpha value is -1.80. The molecule has 0 aliphatic heterocycles. The van der Waals surface area contributed by atoms with Crippen molar-refractivity contribution in [2.45, 2.75) is 24.8 Å². The summed E-state index contributed by atoms with van der Waals surface area (Å²) in [6, 6.07) is 4.68. The summed E-state index contributed by atoms with van der Waals surface area (Å²) in [4.78, 5) is 0.0378. The van der Waals surface area contributed by atoms with Crippen LogP contribution in [0.25, 0.3) is 0 Å². The molecule has 0 saturated carbocycles. The second-order valence-corrected chi connectivity index (χ2v) is 5.90. The van der Waals surface area contributed by atoms with Gasteiger partial charge in [-0.1, -0.05) is 0 Å². The molecule has 1 aromatic carbocycles. The molecule has 0 bridgehead atoms. The minimum absolute atomic E-state index is 0.0378. The fourth-order valence-corrected chi connectivity index (χ4v) is 2.76. The van der Waals surface area contributed by atoms with E-state index in [-0.39, 0.29) is 11.4 Å². The number of halogens is 1. The number of aromatic nitrogens is 3. The van der Waals surface area contributed by atoms with Crippen molar-refractivity contribution in [1.82, 2.24) is 19.5 Å². The summed E-state index contributed by atoms with van der Waals surface area (Å²) in [6.07, 6.45) is 2.04. The van der Waals surface area contributed by atoms with Crippen molar-refractivity contribution < 1.29 is 12.8 Å². The molecular weight excluding hydrogens is 283 g/mol. The van der Waals surface area contributed by atoms with Crippen LogP contribution in [0.15, 0.2) is 35.5 Å². The fourth-order valence-electron chi connectivity index (χ4n) is 1.73. The van der Waals surface area contributed by atoms with E-state index in [0.29, 0.717) is 12.2 Å². The van der Waals surface area contributed by atoms with Crippen LogP contribution in [-0.4, -0.2) is 29.7 Å². The van der Waals surface area contributed by atoms with E-state index in [9.17, 15) is 12.8 Å². The molecule has 108 valence electrons. The molecule has 2 aromatic rings. The summed E-state index contributed by atoms with van der Waals surface area (Å²) in [5, 5.41) is 7.69. The van der Waals surface area contributed by atoms with Crippen molar-refractivity contribution in [1.29, 1.82) is 0 Å². The molecule has 6 nitrogen and oxygen atoms in total. The van der Waals surface area contributed by atoms with Gasteiger partial charge in [-0.15, -0.1) is 10.2 Å². The van der Waals surface area contributed by atoms with Crippen LogP contribution in [0.4, 0.5) is 4.39 Å². The molecule has 0 unspecified atom stereocenters. The Labute approximate surface area is 116 Å². The molecule has 0 spiro atoms. The van der Waals surface area contributed by atoms with Gasteiger partial charge in [-0.3, -0.25) is 0 Å². The van der Waals surface area contributed by atoms with Gasteiger partial charge in [-0.25, -0.2) is 17.5 Å². The molecular formula is C12H15FN4O2S. The van der Waals surface area contributed by atoms with Gasteiger partial charge >= 0.3 is 0 Å². The minimum Gasteiger partial charge on any atom is -0.318 e. The largest absolute Gasteiger partial charge is 0.318 e. The molecule has 1 aromatic heterocycles. The van der Waals surface area contributed by atoms with Gasteiger partial charge in [0.2, 0.25) is 10.0 Å². The van der Waals surface area contributed by atoms with Gasteiger partial charge in [0, 0.05) is 19.5 Å². The molecule has 0 radical (unpaired) electrons. The normalized spacial score (nSPS) is 11.7. The molecule has 0 saturated heterocycles. The highest BCUT2D eigenvalue weighted by Gasteiger charge is 2.13. The van der Waals surface area contributed by atoms with E-state index in [1.54, 1.807) is 6.33 Å². The fraction of sp³-hybridized carbons (Fsp3) is 0.333. The predicted molar refractivity (Wildman–Crippen MR) is 71.0 cm³/mol. The van der Waals surface area contributed by atoms with Crippen LogP contribution in [0, 0.1) is 5.82 Å². The zero-order valence-electron chi connectivity index (χ0n) is 11.0. The average Bonchev–Trinajstić information content (AvgIpc) is 2.86. The van der Waals surface area contributed by atoms with Crippen molar-refractivity contribution in [3.05, 3.63) is 42.2 Å². The van der Waals surface area contributed by atoms with Gasteiger partial charge in [0.1, 0.15) is 18.0 Å². The van der Waals surface area contributed by atoms with Crippen LogP contribution in [0.1, 0.15) is 12.7 Å². The Morgan fingerprint density at radius 1 is 1.30 bits per heavy atom. The third-order valence-electron chi connectivity index (χ3n) is 2.80. The third kappa shape index (κ3) is 3.40. The minimum atomic E-state index is -3.62. The maximum Gasteiger partial charge on any atom is 0.240 e. The number of nitrogens with one attached hydrogen (secondary N) is 1. The van der Waals surface area contributed by atoms with Gasteiger partial charge in [0.15, 0.2) is 0 Å². The SMILES string of the molecule is CCn1cnnc1CCNS(=O)(=O)c1ccc(F)cc1. The summed E-state index contributed by atoms with van der Waals surface area (Å²) in [7, 11) is -3.62. The number of aryl methyl sites for hydroxylation is 1. The molecule has 0 aliphatic rings. The molecule has 0 fully saturated rings. The standard InChI is InChI=1S/C12H15FN4O2S/c1-2-17-9-14-16-12(17)7-8-15-20(18,19)11-5-3-10(13)4-6-11/h3-6,9,15H,2,7-8H2,1H3. The van der Waals surface area contributed by atoms with E-state index in [1.807, 2.05) is 11.5 Å². The second-order valence-electron chi connectivity index (χ2n) is 4.13. The monoisotopic (exact) mass is 298 g/mol. The number of nitrogens with zero attached hydrogens (tertiary/aromatic N) is 3. The molecule has 20 heavy (non-hydrogen) atoms. The molecule has 0 aliphatic carbocycles. The van der Waals surface area contributed by atoms with E-state index < -0.39 is 15.8 Å². The van der Waals surface area contributed by atoms with Crippen molar-refractivity contribution in [3.63, 3.8) is 0 Å². The number of hydrogen-bond acceptors (Lipinski definition) is 4. The number of benzene rings is 1. The van der Waals surface area contributed by atoms with Crippen molar-refractivity contribution >= 4 is 10.0 Å². The van der Waals surface area contributed by atoms with E-state index in [0.717, 1.165) is 18.7 Å². The zero-order valence-corrected chi connectivity index (χ0v) is 11.8. The lowest BCUT2D eigenvalue weighted by Crippen LogP contribution is -2.26. The van der Waals surface area contributed by atoms with Gasteiger partial charge in [0.25, 0.3) is 0 Å². The number of rotatable bonds is 6. The van der Waals surface area contributed by atoms with Crippen molar-refractivity contribution in [2.75, 3.05) is 6.54 Å². The maximum atomic E-state index is 12.8. The lowest BCUT2D eigenvalue weighted by atomic mass is 10.4. The Bertz CT molecular complexity index is 667. The molecule has 0 atom stereocenters. The first kappa shape index (κ1) is 14.6. The summed E-state index contributed by atoms with van der Waals surface area (Å²) in [5.41, 5.74) is 0. The first-order chi connectivity index (χ1) is 9.53. The maximum absolute atomic E-state index is 12.8. The molecule has 8 heteroatoms. The van der Waals surface area contributed by atoms with Crippen LogP contribution in [0.5, 0.6) is 0 Å². The highest BCUT2D eigenvalue weighted by molar-refractivity contribution is 7.89. The van der Waals surface area contributed by atoms with E-state index in [2.05, 4.69) is 14.9 Å². The highest BCUT2D eigenvalue weighted by Crippen LogP contribution is 2.09. The second kappa shape index (κ2) is 6.10. The Morgan fingerprint density at radius 2 is 2.00 bits per heavy atom. The quantitative estimate of drug-likeness (QED) is 0.861. The van der Waals surface area contributed by atoms with Crippen LogP contribution in [0.3, 0.4) is 0 Å². The van der Waals surface area contributed by atoms with Gasteiger partial charge in [0.05, 0.1) is 4.90 Å². The van der Waals surface area contributed by atoms with E-state index in [1.165, 1.54) is 12.1 Å². The molecule has 2 rings (SSSR count). The van der Waals surface area contributed by atoms with E-state index in [4.69, 9.17) is 0 Å². The topological polar surface area (TPSA) is 76.9 Å². The number of sulfonamides is 1. The number of hydrogen-bond donors (Lipinski definition) is 1. The lowest BCUT2D eigenvalue weighted by molar-refractivity contribution is 0.578. The Morgan fingerprint density at radius 3 is 2.65 bits per heavy atom. The molecule has 1 heterocycles. The van der Waals surface area contributed by atoms with Crippen molar-refractivity contribution in [2.24, 2.45) is 0 Å². The summed E-state index contributed by atoms with van der Waals surface area (Å²) in [5.74, 6) is 0.245. The first-order valence-corrected chi connectivity index (χ1v) is 7.63. The predicted octanol–water partition coefficient (Wildman–Crippen LogP) is 0.958. The van der Waals surface area contributed by atoms with Crippen LogP contribution >= 0.6 is 0 Å². The zero-order chi connectivity index (χ0) is 14.6. The van der Waals surface area contributed by atoms with Crippen molar-refractivity contribution in [3.8, 4) is 0 Å². The molecule has 0 amide bonds. The Kier molecular flexibility index (Phi) is 4.46. The highest BCUT2D eigenvalue weighted by atomic mass is 32.2. The van der Waals surface area contributed by atoms with Gasteiger partial charge < -0.3 is 4.57 Å². The Balaban J connectivity index is 1.98. The van der Waals surface area contributed by atoms with Crippen LogP contribution < -0.4 is 4.72 Å². The lowest BCUT2D eigenvalue weighted by Gasteiger charge is -2.07. The third-order valence-corrected chi connectivity index (χ3v) is 4.28. The average molecular weight is 298 g/mol. The van der Waals surface area contributed by atoms with Gasteiger partial charge in [-0.2, -0.15) is 0 Å². The van der Waals surface area contributed by atoms with Crippen LogP contribution in [-0.2, 0) is 23.0 Å². The van der Waals surface area contributed by atoms with E-state index >= 15 is 0 Å². The smallest absolute Gasteiger partial charge is 0.240 e. The van der Waals surface area contributed by atoms with Crippen LogP contribution in [0.2, 0.25) is 0 Å². The summed E-state index contributed by atoms with van der Waals surface area (Å²) < 4.78 is 41.0. The first-order valence-electron chi connectivity index (χ1n) is 6.15. The summed E-state index contributed by atoms with van der Waals surface area (Å²) in [6.45, 7) is 2.89. The molecule has 1 N–H and O–H groups in total. The van der Waals surface area contributed by atoms with Gasteiger partial charge in [-0.05, 0) is 31.2 Å².